The second-order valence-electron chi connectivity index (χ2n) is 4.26. The summed E-state index contributed by atoms with van der Waals surface area (Å²) in [6.07, 6.45) is 1.62. The Hall–Kier alpha value is -2.40. The highest BCUT2D eigenvalue weighted by Crippen LogP contribution is 2.29. The molecule has 3 aromatic rings. The monoisotopic (exact) mass is 286 g/mol. The number of nitrogens with two attached hydrogens (primary N) is 1. The minimum Gasteiger partial charge on any atom is -0.435 e. The minimum atomic E-state index is 0.0976. The normalized spacial score (nSPS) is 10.7. The van der Waals surface area contributed by atoms with E-state index in [4.69, 9.17) is 22.1 Å². The van der Waals surface area contributed by atoms with Crippen molar-refractivity contribution in [3.05, 3.63) is 47.5 Å². The van der Waals surface area contributed by atoms with Gasteiger partial charge in [-0.15, -0.1) is 0 Å². The molecular formula is C14H11ClN4O. The van der Waals surface area contributed by atoms with Crippen LogP contribution in [0.5, 0.6) is 11.6 Å². The third kappa shape index (κ3) is 2.35. The van der Waals surface area contributed by atoms with Crippen LogP contribution < -0.4 is 10.5 Å². The van der Waals surface area contributed by atoms with Crippen molar-refractivity contribution >= 4 is 28.2 Å². The topological polar surface area (TPSA) is 73.9 Å². The van der Waals surface area contributed by atoms with Gasteiger partial charge in [0.15, 0.2) is 0 Å². The Kier molecular flexibility index (Phi) is 3.12. The van der Waals surface area contributed by atoms with E-state index >= 15 is 0 Å². The van der Waals surface area contributed by atoms with Gasteiger partial charge in [0.1, 0.15) is 11.4 Å². The van der Waals surface area contributed by atoms with E-state index in [1.165, 1.54) is 0 Å². The fourth-order valence-corrected chi connectivity index (χ4v) is 2.02. The van der Waals surface area contributed by atoms with Gasteiger partial charge in [0, 0.05) is 5.39 Å². The quantitative estimate of drug-likeness (QED) is 0.731. The predicted octanol–water partition coefficient (Wildman–Crippen LogP) is 3.36. The van der Waals surface area contributed by atoms with Crippen molar-refractivity contribution in [1.29, 1.82) is 0 Å². The number of nitrogen functional groups attached to an aromatic ring is 1. The fourth-order valence-electron chi connectivity index (χ4n) is 1.82. The van der Waals surface area contributed by atoms with Gasteiger partial charge in [0.2, 0.25) is 11.2 Å². The zero-order chi connectivity index (χ0) is 14.1. The van der Waals surface area contributed by atoms with Gasteiger partial charge in [-0.3, -0.25) is 4.98 Å². The van der Waals surface area contributed by atoms with E-state index in [-0.39, 0.29) is 11.2 Å². The molecule has 0 radical (unpaired) electrons. The standard InChI is InChI=1S/C14H11ClN4O/c1-8-12(16)13(19-14(15)18-8)20-10-6-9-4-2-3-5-11(9)17-7-10/h2-7H,16H2,1H3. The number of pyridine rings is 1. The lowest BCUT2D eigenvalue weighted by atomic mass is 10.2. The number of rotatable bonds is 2. The SMILES string of the molecule is Cc1nc(Cl)nc(Oc2cnc3ccccc3c2)c1N. The molecule has 3 rings (SSSR count). The molecule has 2 N–H and O–H groups in total. The summed E-state index contributed by atoms with van der Waals surface area (Å²) < 4.78 is 5.66. The number of aryl methyl sites for hydroxylation is 1. The summed E-state index contributed by atoms with van der Waals surface area (Å²) in [4.78, 5) is 12.3. The number of fused-ring (bicyclic) bond motifs is 1. The first-order valence-corrected chi connectivity index (χ1v) is 6.33. The first-order chi connectivity index (χ1) is 9.63. The maximum Gasteiger partial charge on any atom is 0.247 e. The molecule has 0 saturated carbocycles. The molecule has 2 heterocycles. The van der Waals surface area contributed by atoms with Gasteiger partial charge in [-0.05, 0) is 30.7 Å². The zero-order valence-corrected chi connectivity index (χ0v) is 11.4. The van der Waals surface area contributed by atoms with Gasteiger partial charge in [0.05, 0.1) is 17.4 Å². The highest BCUT2D eigenvalue weighted by Gasteiger charge is 2.10. The van der Waals surface area contributed by atoms with E-state index in [1.807, 2.05) is 30.3 Å². The molecule has 0 aliphatic rings. The molecule has 0 amide bonds. The average Bonchev–Trinajstić information content (AvgIpc) is 2.44. The van der Waals surface area contributed by atoms with Crippen LogP contribution in [0.25, 0.3) is 10.9 Å². The Morgan fingerprint density at radius 2 is 2.00 bits per heavy atom. The minimum absolute atomic E-state index is 0.0976. The largest absolute Gasteiger partial charge is 0.435 e. The van der Waals surface area contributed by atoms with Gasteiger partial charge >= 0.3 is 0 Å². The lowest BCUT2D eigenvalue weighted by molar-refractivity contribution is 0.462. The third-order valence-corrected chi connectivity index (χ3v) is 3.02. The molecule has 1 aromatic carbocycles. The molecule has 0 fully saturated rings. The first kappa shape index (κ1) is 12.6. The summed E-state index contributed by atoms with van der Waals surface area (Å²) in [7, 11) is 0. The summed E-state index contributed by atoms with van der Waals surface area (Å²) in [5.41, 5.74) is 7.72. The Labute approximate surface area is 120 Å². The summed E-state index contributed by atoms with van der Waals surface area (Å²) >= 11 is 5.81. The number of halogens is 1. The molecule has 0 spiro atoms. The summed E-state index contributed by atoms with van der Waals surface area (Å²) in [5.74, 6) is 0.782. The van der Waals surface area contributed by atoms with Crippen LogP contribution in [0.3, 0.4) is 0 Å². The maximum absolute atomic E-state index is 5.88. The predicted molar refractivity (Wildman–Crippen MR) is 78.0 cm³/mol. The van der Waals surface area contributed by atoms with E-state index in [0.29, 0.717) is 17.1 Å². The number of anilines is 1. The van der Waals surface area contributed by atoms with Crippen LogP contribution in [-0.4, -0.2) is 15.0 Å². The van der Waals surface area contributed by atoms with Crippen LogP contribution in [0.1, 0.15) is 5.69 Å². The lowest BCUT2D eigenvalue weighted by Gasteiger charge is -2.09. The molecule has 0 atom stereocenters. The van der Waals surface area contributed by atoms with Crippen molar-refractivity contribution in [1.82, 2.24) is 15.0 Å². The highest BCUT2D eigenvalue weighted by atomic mass is 35.5. The molecule has 20 heavy (non-hydrogen) atoms. The van der Waals surface area contributed by atoms with E-state index in [0.717, 1.165) is 10.9 Å². The van der Waals surface area contributed by atoms with Crippen molar-refractivity contribution in [2.75, 3.05) is 5.73 Å². The number of benzene rings is 1. The fraction of sp³-hybridized carbons (Fsp3) is 0.0714. The number of ether oxygens (including phenoxy) is 1. The Morgan fingerprint density at radius 3 is 2.85 bits per heavy atom. The number of nitrogens with zero attached hydrogens (tertiary/aromatic N) is 3. The van der Waals surface area contributed by atoms with Crippen molar-refractivity contribution < 1.29 is 4.74 Å². The van der Waals surface area contributed by atoms with Crippen molar-refractivity contribution in [3.8, 4) is 11.6 Å². The van der Waals surface area contributed by atoms with Gasteiger partial charge in [0.25, 0.3) is 0 Å². The van der Waals surface area contributed by atoms with E-state index in [1.54, 1.807) is 13.1 Å². The molecule has 0 saturated heterocycles. The van der Waals surface area contributed by atoms with Crippen LogP contribution in [0.15, 0.2) is 36.5 Å². The smallest absolute Gasteiger partial charge is 0.247 e. The van der Waals surface area contributed by atoms with E-state index in [2.05, 4.69) is 15.0 Å². The van der Waals surface area contributed by atoms with Crippen LogP contribution in [0.2, 0.25) is 5.28 Å². The third-order valence-electron chi connectivity index (χ3n) is 2.85. The number of para-hydroxylation sites is 1. The molecule has 2 aromatic heterocycles. The highest BCUT2D eigenvalue weighted by molar-refractivity contribution is 6.28. The molecule has 6 heteroatoms. The molecule has 0 bridgehead atoms. The Morgan fingerprint density at radius 1 is 1.20 bits per heavy atom. The second kappa shape index (κ2) is 4.94. The zero-order valence-electron chi connectivity index (χ0n) is 10.7. The van der Waals surface area contributed by atoms with Gasteiger partial charge in [-0.1, -0.05) is 18.2 Å². The van der Waals surface area contributed by atoms with Gasteiger partial charge in [-0.25, -0.2) is 4.98 Å². The summed E-state index contributed by atoms with van der Waals surface area (Å²) in [5, 5.41) is 1.07. The summed E-state index contributed by atoms with van der Waals surface area (Å²) in [6, 6.07) is 9.62. The molecule has 0 aliphatic carbocycles. The lowest BCUT2D eigenvalue weighted by Crippen LogP contribution is -2.01. The van der Waals surface area contributed by atoms with Crippen LogP contribution >= 0.6 is 11.6 Å². The molecule has 100 valence electrons. The maximum atomic E-state index is 5.88. The number of hydrogen-bond donors (Lipinski definition) is 1. The number of hydrogen-bond acceptors (Lipinski definition) is 5. The summed E-state index contributed by atoms with van der Waals surface area (Å²) in [6.45, 7) is 1.74. The van der Waals surface area contributed by atoms with Crippen LogP contribution in [0.4, 0.5) is 5.69 Å². The second-order valence-corrected chi connectivity index (χ2v) is 4.60. The van der Waals surface area contributed by atoms with Gasteiger partial charge in [-0.2, -0.15) is 4.98 Å². The molecule has 0 unspecified atom stereocenters. The van der Waals surface area contributed by atoms with E-state index in [9.17, 15) is 0 Å². The van der Waals surface area contributed by atoms with E-state index < -0.39 is 0 Å². The Bertz CT molecular complexity index is 791. The number of aromatic nitrogens is 3. The Balaban J connectivity index is 2.01. The molecule has 0 aliphatic heterocycles. The van der Waals surface area contributed by atoms with Gasteiger partial charge < -0.3 is 10.5 Å². The van der Waals surface area contributed by atoms with Crippen LogP contribution in [0, 0.1) is 6.92 Å². The molecular weight excluding hydrogens is 276 g/mol. The average molecular weight is 287 g/mol. The van der Waals surface area contributed by atoms with Crippen molar-refractivity contribution in [3.63, 3.8) is 0 Å². The molecule has 5 nitrogen and oxygen atoms in total. The van der Waals surface area contributed by atoms with Crippen LogP contribution in [-0.2, 0) is 0 Å². The van der Waals surface area contributed by atoms with Crippen molar-refractivity contribution in [2.45, 2.75) is 6.92 Å². The van der Waals surface area contributed by atoms with Crippen molar-refractivity contribution in [2.24, 2.45) is 0 Å². The first-order valence-electron chi connectivity index (χ1n) is 5.96.